The van der Waals surface area contributed by atoms with Crippen LogP contribution in [0.1, 0.15) is 39.2 Å². The van der Waals surface area contributed by atoms with Crippen LogP contribution in [-0.4, -0.2) is 42.8 Å². The number of ether oxygens (including phenoxy) is 3. The summed E-state index contributed by atoms with van der Waals surface area (Å²) in [6.07, 6.45) is 3.37. The Morgan fingerprint density at radius 1 is 1.12 bits per heavy atom. The molecule has 2 amide bonds. The van der Waals surface area contributed by atoms with Gasteiger partial charge >= 0.3 is 6.03 Å². The van der Waals surface area contributed by atoms with Crippen LogP contribution in [0.25, 0.3) is 22.2 Å². The molecule has 5 rings (SSSR count). The molecule has 8 heteroatoms. The number of fused-ring (bicyclic) bond motifs is 1. The molecule has 0 unspecified atom stereocenters. The normalized spacial score (nSPS) is 17.0. The van der Waals surface area contributed by atoms with Gasteiger partial charge in [-0.2, -0.15) is 0 Å². The van der Waals surface area contributed by atoms with E-state index in [4.69, 9.17) is 19.9 Å². The van der Waals surface area contributed by atoms with E-state index in [0.29, 0.717) is 26.0 Å². The lowest BCUT2D eigenvalue weighted by Crippen LogP contribution is -2.34. The Hall–Kier alpha value is -3.23. The number of carbonyl (C=O) groups is 1. The monoisotopic (exact) mass is 464 g/mol. The summed E-state index contributed by atoms with van der Waals surface area (Å²) in [5.74, 6) is 0.756. The minimum absolute atomic E-state index is 0.0734. The minimum Gasteiger partial charge on any atom is -0.486 e. The number of nitrogen functional groups attached to an aromatic ring is 1. The van der Waals surface area contributed by atoms with Crippen molar-refractivity contribution in [3.05, 3.63) is 42.5 Å². The molecule has 34 heavy (non-hydrogen) atoms. The van der Waals surface area contributed by atoms with Gasteiger partial charge in [0.15, 0.2) is 0 Å². The van der Waals surface area contributed by atoms with Gasteiger partial charge in [0.1, 0.15) is 18.6 Å². The highest BCUT2D eigenvalue weighted by molar-refractivity contribution is 6.02. The first kappa shape index (κ1) is 22.6. The second kappa shape index (κ2) is 9.56. The van der Waals surface area contributed by atoms with Crippen molar-refractivity contribution in [2.24, 2.45) is 0 Å². The van der Waals surface area contributed by atoms with Gasteiger partial charge in [-0.15, -0.1) is 0 Å². The first-order valence-electron chi connectivity index (χ1n) is 11.9. The highest BCUT2D eigenvalue weighted by Crippen LogP contribution is 2.45. The van der Waals surface area contributed by atoms with E-state index in [1.807, 2.05) is 50.2 Å². The number of anilines is 2. The van der Waals surface area contributed by atoms with Gasteiger partial charge in [0, 0.05) is 28.7 Å². The van der Waals surface area contributed by atoms with Crippen molar-refractivity contribution in [3.63, 3.8) is 0 Å². The number of nitrogens with two attached hydrogens (primary N) is 1. The van der Waals surface area contributed by atoms with Gasteiger partial charge in [0.2, 0.25) is 0 Å². The van der Waals surface area contributed by atoms with Crippen LogP contribution in [0.5, 0.6) is 5.75 Å². The predicted molar refractivity (Wildman–Crippen MR) is 133 cm³/mol. The Balaban J connectivity index is 1.47. The maximum Gasteiger partial charge on any atom is 0.319 e. The van der Waals surface area contributed by atoms with E-state index in [9.17, 15) is 4.79 Å². The van der Waals surface area contributed by atoms with Gasteiger partial charge in [-0.1, -0.05) is 12.1 Å². The first-order valence-corrected chi connectivity index (χ1v) is 11.9. The topological polar surface area (TPSA) is 99.8 Å². The van der Waals surface area contributed by atoms with Crippen molar-refractivity contribution < 1.29 is 19.0 Å². The lowest BCUT2D eigenvalue weighted by molar-refractivity contribution is -0.143. The molecule has 1 aliphatic heterocycles. The molecular formula is C26H32N4O4. The van der Waals surface area contributed by atoms with Gasteiger partial charge in [-0.05, 0) is 63.4 Å². The molecule has 1 aromatic heterocycles. The summed E-state index contributed by atoms with van der Waals surface area (Å²) in [4.78, 5) is 12.0. The van der Waals surface area contributed by atoms with Gasteiger partial charge < -0.3 is 35.1 Å². The van der Waals surface area contributed by atoms with E-state index < -0.39 is 0 Å². The largest absolute Gasteiger partial charge is 0.486 e. The number of hydrogen-bond acceptors (Lipinski definition) is 5. The summed E-state index contributed by atoms with van der Waals surface area (Å²) in [6.45, 7) is 5.20. The van der Waals surface area contributed by atoms with Crippen molar-refractivity contribution in [2.45, 2.75) is 51.3 Å². The summed E-state index contributed by atoms with van der Waals surface area (Å²) in [6, 6.07) is 14.2. The zero-order chi connectivity index (χ0) is 23.7. The van der Waals surface area contributed by atoms with Crippen molar-refractivity contribution in [1.29, 1.82) is 0 Å². The van der Waals surface area contributed by atoms with Crippen molar-refractivity contribution in [1.82, 2.24) is 9.88 Å². The Morgan fingerprint density at radius 2 is 1.85 bits per heavy atom. The molecule has 3 aromatic rings. The maximum atomic E-state index is 12.0. The molecule has 8 nitrogen and oxygen atoms in total. The van der Waals surface area contributed by atoms with Crippen LogP contribution in [-0.2, 0) is 9.47 Å². The van der Waals surface area contributed by atoms with Gasteiger partial charge in [0.25, 0.3) is 0 Å². The molecule has 1 saturated heterocycles. The van der Waals surface area contributed by atoms with Crippen molar-refractivity contribution >= 4 is 28.3 Å². The highest BCUT2D eigenvalue weighted by atomic mass is 16.7. The second-order valence-corrected chi connectivity index (χ2v) is 9.33. The molecule has 1 saturated carbocycles. The molecule has 0 atom stereocenters. The Morgan fingerprint density at radius 3 is 2.50 bits per heavy atom. The van der Waals surface area contributed by atoms with E-state index in [0.717, 1.165) is 52.1 Å². The average molecular weight is 465 g/mol. The van der Waals surface area contributed by atoms with E-state index in [-0.39, 0.29) is 18.2 Å². The zero-order valence-electron chi connectivity index (χ0n) is 19.7. The standard InChI is InChI=1S/C26H32N4O4/c1-16(2)28-26(31)29-18-8-6-17(7-9-18)25-24(27)22-12-20(34-21-13-32-15-33-14-21)10-11-23(22)30(25)19-4-3-5-19/h6-12,16,19,21H,3-5,13-15,27H2,1-2H3,(H2,28,29,31). The van der Waals surface area contributed by atoms with Crippen molar-refractivity contribution in [3.8, 4) is 17.0 Å². The number of nitrogens with one attached hydrogen (secondary N) is 2. The maximum absolute atomic E-state index is 12.0. The number of carbonyl (C=O) groups excluding carboxylic acids is 1. The summed E-state index contributed by atoms with van der Waals surface area (Å²) in [5, 5.41) is 6.69. The summed E-state index contributed by atoms with van der Waals surface area (Å²) < 4.78 is 19.2. The molecule has 2 heterocycles. The molecule has 0 bridgehead atoms. The number of hydrogen-bond donors (Lipinski definition) is 3. The lowest BCUT2D eigenvalue weighted by Gasteiger charge is -2.30. The number of urea groups is 1. The number of amides is 2. The molecular weight excluding hydrogens is 432 g/mol. The van der Waals surface area contributed by atoms with Crippen LogP contribution in [0.4, 0.5) is 16.2 Å². The smallest absolute Gasteiger partial charge is 0.319 e. The van der Waals surface area contributed by atoms with Gasteiger partial charge in [-0.25, -0.2) is 4.79 Å². The fourth-order valence-corrected chi connectivity index (χ4v) is 4.58. The van der Waals surface area contributed by atoms with Gasteiger partial charge in [0.05, 0.1) is 30.1 Å². The fourth-order valence-electron chi connectivity index (χ4n) is 4.58. The van der Waals surface area contributed by atoms with Crippen LogP contribution in [0.2, 0.25) is 0 Å². The number of benzene rings is 2. The molecule has 180 valence electrons. The fraction of sp³-hybridized carbons (Fsp3) is 0.423. The van der Waals surface area contributed by atoms with E-state index in [2.05, 4.69) is 21.3 Å². The van der Waals surface area contributed by atoms with Crippen LogP contribution in [0.3, 0.4) is 0 Å². The van der Waals surface area contributed by atoms with Crippen molar-refractivity contribution in [2.75, 3.05) is 31.1 Å². The van der Waals surface area contributed by atoms with Crippen LogP contribution in [0.15, 0.2) is 42.5 Å². The summed E-state index contributed by atoms with van der Waals surface area (Å²) in [5.41, 5.74) is 11.4. The SMILES string of the molecule is CC(C)NC(=O)Nc1ccc(-c2c(N)c3cc(OC4COCOC4)ccc3n2C2CCC2)cc1. The average Bonchev–Trinajstić information content (AvgIpc) is 3.05. The van der Waals surface area contributed by atoms with Crippen LogP contribution >= 0.6 is 0 Å². The van der Waals surface area contributed by atoms with Gasteiger partial charge in [-0.3, -0.25) is 0 Å². The molecule has 0 spiro atoms. The molecule has 2 fully saturated rings. The lowest BCUT2D eigenvalue weighted by atomic mass is 9.92. The minimum atomic E-state index is -0.216. The molecule has 0 radical (unpaired) electrons. The first-order chi connectivity index (χ1) is 16.5. The summed E-state index contributed by atoms with van der Waals surface area (Å²) >= 11 is 0. The second-order valence-electron chi connectivity index (χ2n) is 9.33. The molecule has 1 aliphatic carbocycles. The molecule has 2 aromatic carbocycles. The predicted octanol–water partition coefficient (Wildman–Crippen LogP) is 4.90. The zero-order valence-corrected chi connectivity index (χ0v) is 19.7. The van der Waals surface area contributed by atoms with E-state index in [1.54, 1.807) is 0 Å². The number of nitrogens with zero attached hydrogens (tertiary/aromatic N) is 1. The van der Waals surface area contributed by atoms with E-state index in [1.165, 1.54) is 6.42 Å². The quantitative estimate of drug-likeness (QED) is 0.482. The Bertz CT molecular complexity index is 1160. The van der Waals surface area contributed by atoms with E-state index >= 15 is 0 Å². The Kier molecular flexibility index (Phi) is 6.34. The third kappa shape index (κ3) is 4.56. The van der Waals surface area contributed by atoms with Crippen LogP contribution in [0, 0.1) is 0 Å². The highest BCUT2D eigenvalue weighted by Gasteiger charge is 2.27. The molecule has 2 aliphatic rings. The third-order valence-corrected chi connectivity index (χ3v) is 6.37. The van der Waals surface area contributed by atoms with Crippen LogP contribution < -0.4 is 21.1 Å². The Labute approximate surface area is 199 Å². The molecule has 4 N–H and O–H groups in total. The number of aromatic nitrogens is 1. The number of rotatable bonds is 6. The summed E-state index contributed by atoms with van der Waals surface area (Å²) in [7, 11) is 0. The third-order valence-electron chi connectivity index (χ3n) is 6.37.